The second-order valence-corrected chi connectivity index (χ2v) is 5.03. The molecule has 1 saturated carbocycles. The van der Waals surface area contributed by atoms with Gasteiger partial charge >= 0.3 is 6.09 Å². The summed E-state index contributed by atoms with van der Waals surface area (Å²) in [5.41, 5.74) is -0.415. The van der Waals surface area contributed by atoms with Gasteiger partial charge in [0, 0.05) is 6.04 Å². The highest BCUT2D eigenvalue weighted by atomic mass is 16.6. The topological polar surface area (TPSA) is 50.9 Å². The molecule has 2 aliphatic rings. The molecule has 0 aromatic heterocycles. The van der Waals surface area contributed by atoms with E-state index in [2.05, 4.69) is 5.32 Å². The number of hydrogen-bond donors (Lipinski definition) is 1. The van der Waals surface area contributed by atoms with Crippen molar-refractivity contribution in [2.75, 3.05) is 0 Å². The highest BCUT2D eigenvalue weighted by molar-refractivity contribution is 5.68. The second kappa shape index (κ2) is 3.12. The number of nitrogens with one attached hydrogen (secondary N) is 1. The number of fused-ring (bicyclic) bond motifs is 1. The van der Waals surface area contributed by atoms with Crippen molar-refractivity contribution in [1.29, 1.82) is 0 Å². The number of amides is 1. The first-order valence-electron chi connectivity index (χ1n) is 5.09. The lowest BCUT2D eigenvalue weighted by Crippen LogP contribution is -2.38. The minimum absolute atomic E-state index is 0.244. The first-order chi connectivity index (χ1) is 6.44. The van der Waals surface area contributed by atoms with Crippen LogP contribution in [0.1, 0.15) is 33.6 Å². The summed E-state index contributed by atoms with van der Waals surface area (Å²) in [6.45, 7) is 5.59. The molecule has 4 nitrogen and oxygen atoms in total. The van der Waals surface area contributed by atoms with Gasteiger partial charge in [-0.2, -0.15) is 0 Å². The van der Waals surface area contributed by atoms with Crippen LogP contribution in [0.25, 0.3) is 0 Å². The average Bonchev–Trinajstić information content (AvgIpc) is 2.54. The summed E-state index contributed by atoms with van der Waals surface area (Å²) in [4.78, 5) is 11.4. The molecule has 0 aromatic carbocycles. The predicted octanol–water partition coefficient (Wildman–Crippen LogP) is 1.44. The van der Waals surface area contributed by atoms with Crippen LogP contribution in [0.2, 0.25) is 0 Å². The second-order valence-electron chi connectivity index (χ2n) is 5.03. The zero-order valence-electron chi connectivity index (χ0n) is 8.87. The third kappa shape index (κ3) is 2.38. The van der Waals surface area contributed by atoms with E-state index in [1.165, 1.54) is 0 Å². The molecule has 2 atom stereocenters. The van der Waals surface area contributed by atoms with Gasteiger partial charge in [-0.05, 0) is 33.6 Å². The van der Waals surface area contributed by atoms with E-state index < -0.39 is 5.60 Å². The van der Waals surface area contributed by atoms with Gasteiger partial charge in [0.1, 0.15) is 5.60 Å². The monoisotopic (exact) mass is 199 g/mol. The Kier molecular flexibility index (Phi) is 2.18. The molecule has 0 spiro atoms. The van der Waals surface area contributed by atoms with Crippen LogP contribution in [0.5, 0.6) is 0 Å². The molecule has 0 aromatic rings. The van der Waals surface area contributed by atoms with Crippen molar-refractivity contribution in [3.05, 3.63) is 0 Å². The van der Waals surface area contributed by atoms with Crippen molar-refractivity contribution < 1.29 is 14.3 Å². The minimum Gasteiger partial charge on any atom is -0.444 e. The molecule has 4 heteroatoms. The molecule has 0 bridgehead atoms. The van der Waals surface area contributed by atoms with Crippen LogP contribution < -0.4 is 5.32 Å². The zero-order valence-corrected chi connectivity index (χ0v) is 8.87. The third-order valence-corrected chi connectivity index (χ3v) is 2.44. The summed E-state index contributed by atoms with van der Waals surface area (Å²) in [5, 5.41) is 2.86. The van der Waals surface area contributed by atoms with Crippen LogP contribution in [-0.4, -0.2) is 29.9 Å². The van der Waals surface area contributed by atoms with E-state index in [0.29, 0.717) is 12.2 Å². The lowest BCUT2D eigenvalue weighted by Gasteiger charge is -2.22. The van der Waals surface area contributed by atoms with E-state index in [1.807, 2.05) is 20.8 Å². The van der Waals surface area contributed by atoms with Crippen molar-refractivity contribution in [3.8, 4) is 0 Å². The summed E-state index contributed by atoms with van der Waals surface area (Å²) in [7, 11) is 0. The van der Waals surface area contributed by atoms with E-state index in [4.69, 9.17) is 9.47 Å². The normalized spacial score (nSPS) is 34.9. The first kappa shape index (κ1) is 9.77. The fourth-order valence-electron chi connectivity index (χ4n) is 1.84. The summed E-state index contributed by atoms with van der Waals surface area (Å²) >= 11 is 0. The largest absolute Gasteiger partial charge is 0.444 e. The summed E-state index contributed by atoms with van der Waals surface area (Å²) in [6, 6.07) is 0.244. The van der Waals surface area contributed by atoms with Gasteiger partial charge in [0.15, 0.2) is 0 Å². The Labute approximate surface area is 84.0 Å². The van der Waals surface area contributed by atoms with Gasteiger partial charge in [0.2, 0.25) is 0 Å². The number of epoxide rings is 1. The molecule has 2 unspecified atom stereocenters. The molecule has 1 heterocycles. The zero-order chi connectivity index (χ0) is 10.3. The van der Waals surface area contributed by atoms with Crippen LogP contribution >= 0.6 is 0 Å². The van der Waals surface area contributed by atoms with E-state index in [1.54, 1.807) is 0 Å². The fraction of sp³-hybridized carbons (Fsp3) is 0.900. The lowest BCUT2D eigenvalue weighted by molar-refractivity contribution is 0.0496. The highest BCUT2D eigenvalue weighted by Crippen LogP contribution is 2.38. The molecule has 1 aliphatic heterocycles. The van der Waals surface area contributed by atoms with Gasteiger partial charge in [-0.25, -0.2) is 4.79 Å². The molecule has 2 rings (SSSR count). The predicted molar refractivity (Wildman–Crippen MR) is 51.1 cm³/mol. The molecule has 1 aliphatic carbocycles. The highest BCUT2D eigenvalue weighted by Gasteiger charge is 2.48. The van der Waals surface area contributed by atoms with Gasteiger partial charge in [0.05, 0.1) is 12.2 Å². The molecule has 80 valence electrons. The fourth-order valence-corrected chi connectivity index (χ4v) is 1.84. The van der Waals surface area contributed by atoms with E-state index in [9.17, 15) is 4.79 Å². The number of carbonyl (C=O) groups excluding carboxylic acids is 1. The van der Waals surface area contributed by atoms with Crippen molar-refractivity contribution in [2.45, 2.75) is 57.5 Å². The Bertz CT molecular complexity index is 236. The SMILES string of the molecule is CC(C)(C)OC(=O)NC1CC2OC2C1. The van der Waals surface area contributed by atoms with E-state index in [0.717, 1.165) is 12.8 Å². The molecule has 1 saturated heterocycles. The first-order valence-corrected chi connectivity index (χ1v) is 5.09. The number of rotatable bonds is 1. The summed E-state index contributed by atoms with van der Waals surface area (Å²) < 4.78 is 10.4. The Morgan fingerprint density at radius 1 is 1.36 bits per heavy atom. The number of alkyl carbamates (subject to hydrolysis) is 1. The maximum absolute atomic E-state index is 11.4. The average molecular weight is 199 g/mol. The summed E-state index contributed by atoms with van der Waals surface area (Å²) in [5.74, 6) is 0. The minimum atomic E-state index is -0.415. The lowest BCUT2D eigenvalue weighted by atomic mass is 10.2. The quantitative estimate of drug-likeness (QED) is 0.650. The number of hydrogen-bond acceptors (Lipinski definition) is 3. The van der Waals surface area contributed by atoms with Gasteiger partial charge in [-0.15, -0.1) is 0 Å². The van der Waals surface area contributed by atoms with Gasteiger partial charge in [0.25, 0.3) is 0 Å². The Morgan fingerprint density at radius 2 is 1.93 bits per heavy atom. The van der Waals surface area contributed by atoms with E-state index >= 15 is 0 Å². The van der Waals surface area contributed by atoms with Crippen LogP contribution in [-0.2, 0) is 9.47 Å². The van der Waals surface area contributed by atoms with Crippen molar-refractivity contribution in [3.63, 3.8) is 0 Å². The van der Waals surface area contributed by atoms with Gasteiger partial charge < -0.3 is 14.8 Å². The van der Waals surface area contributed by atoms with Crippen LogP contribution in [0.15, 0.2) is 0 Å². The Morgan fingerprint density at radius 3 is 2.43 bits per heavy atom. The number of carbonyl (C=O) groups is 1. The van der Waals surface area contributed by atoms with Crippen molar-refractivity contribution >= 4 is 6.09 Å². The molecule has 2 fully saturated rings. The molecule has 0 radical (unpaired) electrons. The molecule has 14 heavy (non-hydrogen) atoms. The Hall–Kier alpha value is -0.770. The van der Waals surface area contributed by atoms with Gasteiger partial charge in [-0.1, -0.05) is 0 Å². The molecule has 1 N–H and O–H groups in total. The smallest absolute Gasteiger partial charge is 0.407 e. The Balaban J connectivity index is 1.72. The van der Waals surface area contributed by atoms with Crippen LogP contribution in [0, 0.1) is 0 Å². The van der Waals surface area contributed by atoms with Crippen molar-refractivity contribution in [2.24, 2.45) is 0 Å². The van der Waals surface area contributed by atoms with E-state index in [-0.39, 0.29) is 12.1 Å². The summed E-state index contributed by atoms with van der Waals surface area (Å²) in [6.07, 6.45) is 2.35. The maximum atomic E-state index is 11.4. The third-order valence-electron chi connectivity index (χ3n) is 2.44. The molecular formula is C10H17NO3. The number of ether oxygens (including phenoxy) is 2. The molecule has 1 amide bonds. The standard InChI is InChI=1S/C10H17NO3/c1-10(2,3)14-9(12)11-6-4-7-8(5-6)13-7/h6-8H,4-5H2,1-3H3,(H,11,12). The van der Waals surface area contributed by atoms with Crippen LogP contribution in [0.3, 0.4) is 0 Å². The molecular weight excluding hydrogens is 182 g/mol. The van der Waals surface area contributed by atoms with Crippen molar-refractivity contribution in [1.82, 2.24) is 5.32 Å². The van der Waals surface area contributed by atoms with Gasteiger partial charge in [-0.3, -0.25) is 0 Å². The maximum Gasteiger partial charge on any atom is 0.407 e. The van der Waals surface area contributed by atoms with Crippen LogP contribution in [0.4, 0.5) is 4.79 Å².